The number of benzene rings is 3. The number of hydrogen-bond donors (Lipinski definition) is 1. The third-order valence-electron chi connectivity index (χ3n) is 7.92. The van der Waals surface area contributed by atoms with Crippen molar-refractivity contribution in [2.75, 3.05) is 33.0 Å². The van der Waals surface area contributed by atoms with Crippen molar-refractivity contribution in [2.45, 2.75) is 26.1 Å². The fourth-order valence-corrected chi connectivity index (χ4v) is 5.80. The Morgan fingerprint density at radius 3 is 2.56 bits per heavy atom. The molecule has 4 heterocycles. The lowest BCUT2D eigenvalue weighted by atomic mass is 10.0. The van der Waals surface area contributed by atoms with Crippen LogP contribution in [0.2, 0.25) is 0 Å². The highest BCUT2D eigenvalue weighted by Crippen LogP contribution is 2.33. The van der Waals surface area contributed by atoms with E-state index in [1.54, 1.807) is 0 Å². The molecule has 7 rings (SSSR count). The molecule has 5 aromatic rings. The highest BCUT2D eigenvalue weighted by atomic mass is 16.7. The molecule has 0 unspecified atom stereocenters. The molecule has 0 bridgehead atoms. The summed E-state index contributed by atoms with van der Waals surface area (Å²) in [4.78, 5) is 21.4. The number of aromatic amines is 1. The van der Waals surface area contributed by atoms with Gasteiger partial charge < -0.3 is 14.5 Å². The van der Waals surface area contributed by atoms with Crippen LogP contribution >= 0.6 is 0 Å². The van der Waals surface area contributed by atoms with Crippen LogP contribution in [0.15, 0.2) is 77.6 Å². The molecule has 10 heteroatoms. The molecule has 1 fully saturated rings. The smallest absolute Gasteiger partial charge is 0.253 e. The molecule has 0 aliphatic carbocycles. The highest BCUT2D eigenvalue weighted by Gasteiger charge is 2.33. The predicted molar refractivity (Wildman–Crippen MR) is 154 cm³/mol. The number of hydrogen-bond acceptors (Lipinski definition) is 8. The number of nitrogens with zero attached hydrogens (tertiary/aromatic N) is 6. The SMILES string of the molecule is Cc1ccc2[nH]c(=O)c([C@@H](c3nnnn3Cc3ccccc3)N3CCN(Cc4ccc5c(c4)OCO5)CC3)cc2c1. The first-order valence-electron chi connectivity index (χ1n) is 13.9. The molecule has 10 nitrogen and oxygen atoms in total. The Balaban J connectivity index is 1.19. The van der Waals surface area contributed by atoms with Crippen molar-refractivity contribution >= 4 is 10.9 Å². The van der Waals surface area contributed by atoms with Gasteiger partial charge in [-0.05, 0) is 64.2 Å². The van der Waals surface area contributed by atoms with Crippen molar-refractivity contribution in [3.63, 3.8) is 0 Å². The van der Waals surface area contributed by atoms with E-state index < -0.39 is 6.04 Å². The van der Waals surface area contributed by atoms with Crippen molar-refractivity contribution in [3.8, 4) is 11.5 Å². The van der Waals surface area contributed by atoms with Crippen LogP contribution in [0.1, 0.15) is 34.1 Å². The summed E-state index contributed by atoms with van der Waals surface area (Å²) in [6.07, 6.45) is 0. The molecule has 2 aliphatic rings. The fourth-order valence-electron chi connectivity index (χ4n) is 5.80. The molecule has 1 saturated heterocycles. The number of H-pyrrole nitrogens is 1. The molecule has 1 atom stereocenters. The van der Waals surface area contributed by atoms with E-state index in [1.165, 1.54) is 5.56 Å². The average molecular weight is 550 g/mol. The average Bonchev–Trinajstić information content (AvgIpc) is 3.64. The first-order valence-corrected chi connectivity index (χ1v) is 13.9. The van der Waals surface area contributed by atoms with Crippen LogP contribution < -0.4 is 15.0 Å². The van der Waals surface area contributed by atoms with Gasteiger partial charge in [-0.15, -0.1) is 5.10 Å². The maximum atomic E-state index is 13.6. The largest absolute Gasteiger partial charge is 0.454 e. The van der Waals surface area contributed by atoms with E-state index in [-0.39, 0.29) is 12.4 Å². The summed E-state index contributed by atoms with van der Waals surface area (Å²) < 4.78 is 12.8. The lowest BCUT2D eigenvalue weighted by molar-refractivity contribution is 0.0998. The van der Waals surface area contributed by atoms with Crippen LogP contribution in [-0.4, -0.2) is 68.0 Å². The maximum Gasteiger partial charge on any atom is 0.253 e. The molecule has 1 N–H and O–H groups in total. The van der Waals surface area contributed by atoms with E-state index in [4.69, 9.17) is 9.47 Å². The zero-order valence-electron chi connectivity index (χ0n) is 22.9. The number of ether oxygens (including phenoxy) is 2. The third kappa shape index (κ3) is 5.19. The monoisotopic (exact) mass is 549 g/mol. The summed E-state index contributed by atoms with van der Waals surface area (Å²) in [7, 11) is 0. The van der Waals surface area contributed by atoms with Crippen LogP contribution in [-0.2, 0) is 13.1 Å². The molecular weight excluding hydrogens is 518 g/mol. The fraction of sp³-hybridized carbons (Fsp3) is 0.290. The number of aryl methyl sites for hydroxylation is 1. The first-order chi connectivity index (χ1) is 20.1. The number of aromatic nitrogens is 5. The second kappa shape index (κ2) is 10.8. The molecule has 3 aromatic carbocycles. The zero-order chi connectivity index (χ0) is 27.8. The molecule has 0 radical (unpaired) electrons. The molecule has 0 amide bonds. The molecular formula is C31H31N7O3. The Labute approximate surface area is 237 Å². The summed E-state index contributed by atoms with van der Waals surface area (Å²) in [5.41, 5.74) is 4.77. The number of pyridine rings is 1. The van der Waals surface area contributed by atoms with Gasteiger partial charge in [0.1, 0.15) is 6.04 Å². The normalized spacial score (nSPS) is 16.3. The molecule has 0 spiro atoms. The minimum Gasteiger partial charge on any atom is -0.454 e. The van der Waals surface area contributed by atoms with E-state index in [2.05, 4.69) is 67.6 Å². The molecule has 2 aromatic heterocycles. The lowest BCUT2D eigenvalue weighted by Crippen LogP contribution is -2.48. The van der Waals surface area contributed by atoms with Crippen molar-refractivity contribution in [1.82, 2.24) is 35.0 Å². The van der Waals surface area contributed by atoms with Crippen molar-refractivity contribution in [2.24, 2.45) is 0 Å². The van der Waals surface area contributed by atoms with E-state index in [0.29, 0.717) is 17.9 Å². The number of nitrogens with one attached hydrogen (secondary N) is 1. The van der Waals surface area contributed by atoms with Gasteiger partial charge in [0.15, 0.2) is 17.3 Å². The van der Waals surface area contributed by atoms with Gasteiger partial charge in [-0.25, -0.2) is 4.68 Å². The van der Waals surface area contributed by atoms with Crippen LogP contribution in [0.5, 0.6) is 11.5 Å². The van der Waals surface area contributed by atoms with Crippen LogP contribution in [0.3, 0.4) is 0 Å². The second-order valence-electron chi connectivity index (χ2n) is 10.7. The van der Waals surface area contributed by atoms with Gasteiger partial charge >= 0.3 is 0 Å². The van der Waals surface area contributed by atoms with Crippen molar-refractivity contribution in [3.05, 3.63) is 111 Å². The summed E-state index contributed by atoms with van der Waals surface area (Å²) in [6, 6.07) is 23.9. The Kier molecular flexibility index (Phi) is 6.69. The summed E-state index contributed by atoms with van der Waals surface area (Å²) in [5, 5.41) is 13.9. The number of rotatable bonds is 7. The quantitative estimate of drug-likeness (QED) is 0.329. The van der Waals surface area contributed by atoms with Crippen LogP contribution in [0, 0.1) is 6.92 Å². The minimum absolute atomic E-state index is 0.122. The maximum absolute atomic E-state index is 13.6. The molecule has 208 valence electrons. The summed E-state index contributed by atoms with van der Waals surface area (Å²) >= 11 is 0. The topological polar surface area (TPSA) is 101 Å². The first kappa shape index (κ1) is 25.4. The molecule has 41 heavy (non-hydrogen) atoms. The van der Waals surface area contributed by atoms with Gasteiger partial charge in [0.05, 0.1) is 6.54 Å². The lowest BCUT2D eigenvalue weighted by Gasteiger charge is -2.38. The number of fused-ring (bicyclic) bond motifs is 2. The third-order valence-corrected chi connectivity index (χ3v) is 7.92. The summed E-state index contributed by atoms with van der Waals surface area (Å²) in [6.45, 7) is 6.88. The van der Waals surface area contributed by atoms with Gasteiger partial charge in [-0.2, -0.15) is 0 Å². The number of piperazine rings is 1. The minimum atomic E-state index is -0.393. The zero-order valence-corrected chi connectivity index (χ0v) is 22.9. The molecule has 2 aliphatic heterocycles. The van der Waals surface area contributed by atoms with Crippen LogP contribution in [0.25, 0.3) is 10.9 Å². The van der Waals surface area contributed by atoms with Gasteiger partial charge in [-0.3, -0.25) is 14.6 Å². The Bertz CT molecular complexity index is 1740. The summed E-state index contributed by atoms with van der Waals surface area (Å²) in [5.74, 6) is 2.26. The van der Waals surface area contributed by atoms with Gasteiger partial charge in [0, 0.05) is 43.8 Å². The number of tetrazole rings is 1. The van der Waals surface area contributed by atoms with E-state index in [0.717, 1.165) is 66.3 Å². The van der Waals surface area contributed by atoms with E-state index >= 15 is 0 Å². The van der Waals surface area contributed by atoms with E-state index in [9.17, 15) is 4.79 Å². The Morgan fingerprint density at radius 1 is 0.878 bits per heavy atom. The van der Waals surface area contributed by atoms with Crippen molar-refractivity contribution in [1.29, 1.82) is 0 Å². The molecule has 0 saturated carbocycles. The van der Waals surface area contributed by atoms with Gasteiger partial charge in [-0.1, -0.05) is 48.0 Å². The predicted octanol–water partition coefficient (Wildman–Crippen LogP) is 3.51. The Hall–Kier alpha value is -4.54. The van der Waals surface area contributed by atoms with Crippen LogP contribution in [0.4, 0.5) is 0 Å². The van der Waals surface area contributed by atoms with Gasteiger partial charge in [0.2, 0.25) is 6.79 Å². The van der Waals surface area contributed by atoms with Gasteiger partial charge in [0.25, 0.3) is 5.56 Å². The van der Waals surface area contributed by atoms with Crippen molar-refractivity contribution < 1.29 is 9.47 Å². The Morgan fingerprint density at radius 2 is 1.71 bits per heavy atom. The standard InChI is InChI=1S/C31H31N7O3/c1-21-7-9-26-24(15-21)17-25(31(39)32-26)29(30-33-34-35-38(30)19-22-5-3-2-4-6-22)37-13-11-36(12-14-37)18-23-8-10-27-28(16-23)41-20-40-27/h2-10,15-17,29H,11-14,18-20H2,1H3,(H,32,39)/t29-/m0/s1. The second-order valence-corrected chi connectivity index (χ2v) is 10.7. The highest BCUT2D eigenvalue weighted by molar-refractivity contribution is 5.79. The van der Waals surface area contributed by atoms with E-state index in [1.807, 2.05) is 47.1 Å².